The van der Waals surface area contributed by atoms with Crippen LogP contribution in [0, 0.1) is 5.92 Å². The van der Waals surface area contributed by atoms with Crippen molar-refractivity contribution in [2.75, 3.05) is 37.7 Å². The van der Waals surface area contributed by atoms with Crippen LogP contribution in [-0.2, 0) is 16.6 Å². The summed E-state index contributed by atoms with van der Waals surface area (Å²) in [7, 11) is -3.26. The number of ether oxygens (including phenoxy) is 1. The van der Waals surface area contributed by atoms with Gasteiger partial charge in [-0.1, -0.05) is 19.8 Å². The van der Waals surface area contributed by atoms with Crippen molar-refractivity contribution in [1.82, 2.24) is 14.1 Å². The number of hydrogen-bond donors (Lipinski definition) is 0. The van der Waals surface area contributed by atoms with E-state index in [4.69, 9.17) is 4.74 Å². The Balaban J connectivity index is 1.77. The normalized spacial score (nSPS) is 18.4. The third-order valence-corrected chi connectivity index (χ3v) is 7.91. The summed E-state index contributed by atoms with van der Waals surface area (Å²) in [4.78, 5) is 15.0. The first kappa shape index (κ1) is 22.1. The molecule has 1 saturated carbocycles. The predicted octanol–water partition coefficient (Wildman–Crippen LogP) is 2.08. The molecule has 1 aliphatic carbocycles. The minimum absolute atomic E-state index is 0.178. The van der Waals surface area contributed by atoms with Crippen LogP contribution in [0.25, 0.3) is 0 Å². The van der Waals surface area contributed by atoms with E-state index in [0.29, 0.717) is 56.7 Å². The monoisotopic (exact) mass is 426 g/mol. The first-order valence-electron chi connectivity index (χ1n) is 10.8. The fourth-order valence-electron chi connectivity index (χ4n) is 3.51. The summed E-state index contributed by atoms with van der Waals surface area (Å²) in [5.74, 6) is 0.903. The minimum Gasteiger partial charge on any atom is -0.486 e. The number of unbranched alkanes of at least 4 members (excludes halogenated alkanes) is 2. The lowest BCUT2D eigenvalue weighted by Crippen LogP contribution is -2.50. The van der Waals surface area contributed by atoms with E-state index < -0.39 is 15.3 Å². The molecule has 2 fully saturated rings. The average Bonchev–Trinajstić information content (AvgIpc) is 3.52. The van der Waals surface area contributed by atoms with Gasteiger partial charge in [-0.2, -0.15) is 9.40 Å². The smallest absolute Gasteiger partial charge is 0.311 e. The van der Waals surface area contributed by atoms with Crippen LogP contribution < -0.4 is 15.2 Å². The van der Waals surface area contributed by atoms with E-state index in [1.54, 1.807) is 20.0 Å². The summed E-state index contributed by atoms with van der Waals surface area (Å²) in [5.41, 5.74) is 0.503. The van der Waals surface area contributed by atoms with Crippen LogP contribution in [0.3, 0.4) is 0 Å². The highest BCUT2D eigenvalue weighted by Gasteiger charge is 2.31. The van der Waals surface area contributed by atoms with Gasteiger partial charge in [0.1, 0.15) is 5.69 Å². The predicted molar refractivity (Wildman–Crippen MR) is 114 cm³/mol. The van der Waals surface area contributed by atoms with Crippen LogP contribution in [0.2, 0.25) is 0 Å². The molecular formula is C20H34N4O4S. The first-order valence-corrected chi connectivity index (χ1v) is 12.3. The van der Waals surface area contributed by atoms with Crippen LogP contribution in [0.15, 0.2) is 11.0 Å². The number of sulfonamides is 1. The second kappa shape index (κ2) is 9.47. The van der Waals surface area contributed by atoms with Gasteiger partial charge in [-0.15, -0.1) is 0 Å². The number of piperazine rings is 1. The number of anilines is 1. The lowest BCUT2D eigenvalue weighted by atomic mass is 10.2. The molecule has 1 aromatic heterocycles. The highest BCUT2D eigenvalue weighted by atomic mass is 32.2. The van der Waals surface area contributed by atoms with Gasteiger partial charge in [-0.25, -0.2) is 13.1 Å². The molecule has 164 valence electrons. The maximum Gasteiger partial charge on any atom is 0.311 e. The number of aromatic nitrogens is 2. The molecule has 0 spiro atoms. The SMILES string of the molecule is CCCCCOc1c(N2CCN(S(=O)(=O)C(C)C)CC2)cnn(CC2CC2)c1=O. The molecule has 0 radical (unpaired) electrons. The minimum atomic E-state index is -3.26. The molecule has 0 bridgehead atoms. The topological polar surface area (TPSA) is 84.7 Å². The van der Waals surface area contributed by atoms with Gasteiger partial charge in [0.05, 0.1) is 18.1 Å². The van der Waals surface area contributed by atoms with Crippen LogP contribution in [0.4, 0.5) is 5.69 Å². The van der Waals surface area contributed by atoms with Gasteiger partial charge < -0.3 is 9.64 Å². The van der Waals surface area contributed by atoms with Crippen LogP contribution in [0.5, 0.6) is 5.75 Å². The molecule has 2 aliphatic rings. The standard InChI is InChI=1S/C20H34N4O4S/c1-4-5-6-13-28-19-18(14-21-24(20(19)25)15-17-7-8-17)22-9-11-23(12-10-22)29(26,27)16(2)3/h14,16-17H,4-13,15H2,1-3H3. The largest absolute Gasteiger partial charge is 0.486 e. The third kappa shape index (κ3) is 5.31. The third-order valence-electron chi connectivity index (χ3n) is 5.64. The maximum absolute atomic E-state index is 13.0. The van der Waals surface area contributed by atoms with Gasteiger partial charge in [0.25, 0.3) is 0 Å². The summed E-state index contributed by atoms with van der Waals surface area (Å²) < 4.78 is 33.9. The van der Waals surface area contributed by atoms with E-state index >= 15 is 0 Å². The summed E-state index contributed by atoms with van der Waals surface area (Å²) in [6.07, 6.45) is 7.06. The molecule has 2 heterocycles. The molecule has 0 amide bonds. The molecule has 0 N–H and O–H groups in total. The van der Waals surface area contributed by atoms with E-state index in [0.717, 1.165) is 32.1 Å². The quantitative estimate of drug-likeness (QED) is 0.533. The van der Waals surface area contributed by atoms with Gasteiger partial charge in [-0.05, 0) is 39.0 Å². The first-order chi connectivity index (χ1) is 13.8. The molecule has 0 atom stereocenters. The van der Waals surface area contributed by atoms with Crippen molar-refractivity contribution in [2.24, 2.45) is 5.92 Å². The van der Waals surface area contributed by atoms with Gasteiger partial charge in [-0.3, -0.25) is 4.79 Å². The van der Waals surface area contributed by atoms with Crippen LogP contribution >= 0.6 is 0 Å². The Morgan fingerprint density at radius 3 is 2.45 bits per heavy atom. The Bertz CT molecular complexity index is 841. The van der Waals surface area contributed by atoms with E-state index in [1.807, 2.05) is 4.90 Å². The van der Waals surface area contributed by atoms with Crippen LogP contribution in [0.1, 0.15) is 52.9 Å². The second-order valence-electron chi connectivity index (χ2n) is 8.32. The van der Waals surface area contributed by atoms with Crippen molar-refractivity contribution in [1.29, 1.82) is 0 Å². The van der Waals surface area contributed by atoms with Crippen molar-refractivity contribution in [3.05, 3.63) is 16.6 Å². The molecule has 1 aromatic rings. The summed E-state index contributed by atoms with van der Waals surface area (Å²) in [5, 5.41) is 3.95. The van der Waals surface area contributed by atoms with Crippen molar-refractivity contribution in [3.8, 4) is 5.75 Å². The Morgan fingerprint density at radius 2 is 1.86 bits per heavy atom. The van der Waals surface area contributed by atoms with Crippen molar-refractivity contribution < 1.29 is 13.2 Å². The van der Waals surface area contributed by atoms with E-state index in [9.17, 15) is 13.2 Å². The van der Waals surface area contributed by atoms with Gasteiger partial charge >= 0.3 is 5.56 Å². The average molecular weight is 427 g/mol. The summed E-state index contributed by atoms with van der Waals surface area (Å²) >= 11 is 0. The van der Waals surface area contributed by atoms with Crippen molar-refractivity contribution >= 4 is 15.7 Å². The molecule has 29 heavy (non-hydrogen) atoms. The van der Waals surface area contributed by atoms with E-state index in [2.05, 4.69) is 12.0 Å². The zero-order chi connectivity index (χ0) is 21.0. The van der Waals surface area contributed by atoms with E-state index in [1.165, 1.54) is 8.99 Å². The summed E-state index contributed by atoms with van der Waals surface area (Å²) in [6, 6.07) is 0. The molecule has 3 rings (SSSR count). The number of hydrogen-bond acceptors (Lipinski definition) is 6. The molecular weight excluding hydrogens is 392 g/mol. The number of nitrogens with zero attached hydrogens (tertiary/aromatic N) is 4. The fourth-order valence-corrected chi connectivity index (χ4v) is 4.77. The highest BCUT2D eigenvalue weighted by molar-refractivity contribution is 7.89. The van der Waals surface area contributed by atoms with Gasteiger partial charge in [0.2, 0.25) is 15.8 Å². The lowest BCUT2D eigenvalue weighted by molar-refractivity contribution is 0.295. The molecule has 1 aliphatic heterocycles. The second-order valence-corrected chi connectivity index (χ2v) is 10.8. The van der Waals surface area contributed by atoms with Crippen molar-refractivity contribution in [3.63, 3.8) is 0 Å². The van der Waals surface area contributed by atoms with Gasteiger partial charge in [0.15, 0.2) is 0 Å². The Labute approximate surface area is 173 Å². The lowest BCUT2D eigenvalue weighted by Gasteiger charge is -2.36. The molecule has 0 unspecified atom stereocenters. The Hall–Kier alpha value is -1.61. The zero-order valence-electron chi connectivity index (χ0n) is 17.8. The van der Waals surface area contributed by atoms with Crippen LogP contribution in [-0.4, -0.2) is 60.5 Å². The van der Waals surface area contributed by atoms with E-state index in [-0.39, 0.29) is 5.56 Å². The maximum atomic E-state index is 13.0. The zero-order valence-corrected chi connectivity index (χ0v) is 18.7. The Morgan fingerprint density at radius 1 is 1.17 bits per heavy atom. The van der Waals surface area contributed by atoms with Crippen molar-refractivity contribution in [2.45, 2.75) is 64.7 Å². The molecule has 9 heteroatoms. The van der Waals surface area contributed by atoms with Gasteiger partial charge in [0, 0.05) is 32.7 Å². The molecule has 8 nitrogen and oxygen atoms in total. The fraction of sp³-hybridized carbons (Fsp3) is 0.800. The molecule has 0 aromatic carbocycles. The summed E-state index contributed by atoms with van der Waals surface area (Å²) in [6.45, 7) is 8.53. The molecule has 1 saturated heterocycles. The highest BCUT2D eigenvalue weighted by Crippen LogP contribution is 2.31. The number of rotatable bonds is 10. The Kier molecular flexibility index (Phi) is 7.21.